The van der Waals surface area contributed by atoms with Crippen LogP contribution in [0.1, 0.15) is 32.1 Å². The average molecular weight is 438 g/mol. The Morgan fingerprint density at radius 2 is 1.94 bits per heavy atom. The quantitative estimate of drug-likeness (QED) is 0.333. The first-order chi connectivity index (χ1) is 15.1. The second kappa shape index (κ2) is 9.92. The van der Waals surface area contributed by atoms with E-state index in [2.05, 4.69) is 16.4 Å². The normalized spacial score (nSPS) is 13.8. The van der Waals surface area contributed by atoms with Crippen molar-refractivity contribution in [3.8, 4) is 5.69 Å². The van der Waals surface area contributed by atoms with Crippen molar-refractivity contribution in [2.75, 3.05) is 12.3 Å². The molecule has 0 unspecified atom stereocenters. The molecular weight excluding hydrogens is 413 g/mol. The van der Waals surface area contributed by atoms with E-state index in [0.29, 0.717) is 22.6 Å². The Morgan fingerprint density at radius 1 is 1.13 bits per heavy atom. The first-order valence-electron chi connectivity index (χ1n) is 10.5. The fourth-order valence-electron chi connectivity index (χ4n) is 3.73. The molecule has 1 amide bonds. The van der Waals surface area contributed by atoms with Crippen LogP contribution in [-0.2, 0) is 4.79 Å². The molecule has 0 fully saturated rings. The summed E-state index contributed by atoms with van der Waals surface area (Å²) in [5.74, 6) is -0.559. The standard InChI is InChI=1S/C24H24FN3O2S/c25-19-11-5-7-13-21(19)28-23(30)18-10-4-6-12-20(18)27-24(28)31-16-22(29)26-15-14-17-8-2-1-3-9-17/h4-8,10-13H,1-3,9,14-16H2,(H,26,29). The third kappa shape index (κ3) is 5.05. The monoisotopic (exact) mass is 437 g/mol. The van der Waals surface area contributed by atoms with Gasteiger partial charge in [0.2, 0.25) is 5.91 Å². The molecule has 4 rings (SSSR count). The van der Waals surface area contributed by atoms with E-state index in [0.717, 1.165) is 31.0 Å². The smallest absolute Gasteiger partial charge is 0.266 e. The summed E-state index contributed by atoms with van der Waals surface area (Å²) in [5.41, 5.74) is 1.69. The number of para-hydroxylation sites is 2. The molecule has 5 nitrogen and oxygen atoms in total. The summed E-state index contributed by atoms with van der Waals surface area (Å²) in [6, 6.07) is 13.0. The molecule has 0 bridgehead atoms. The predicted molar refractivity (Wildman–Crippen MR) is 122 cm³/mol. The number of allylic oxidation sites excluding steroid dienone is 1. The highest BCUT2D eigenvalue weighted by Crippen LogP contribution is 2.23. The molecule has 0 saturated carbocycles. The first-order valence-corrected chi connectivity index (χ1v) is 11.5. The molecular formula is C24H24FN3O2S. The number of nitrogens with zero attached hydrogens (tertiary/aromatic N) is 2. The fourth-order valence-corrected chi connectivity index (χ4v) is 4.57. The molecule has 1 aliphatic rings. The molecule has 0 atom stereocenters. The number of aromatic nitrogens is 2. The van der Waals surface area contributed by atoms with E-state index < -0.39 is 5.82 Å². The lowest BCUT2D eigenvalue weighted by Gasteiger charge is -2.14. The summed E-state index contributed by atoms with van der Waals surface area (Å²) >= 11 is 1.13. The Balaban J connectivity index is 1.53. The van der Waals surface area contributed by atoms with Gasteiger partial charge in [0.25, 0.3) is 5.56 Å². The molecule has 7 heteroatoms. The Kier molecular flexibility index (Phi) is 6.82. The van der Waals surface area contributed by atoms with Gasteiger partial charge in [-0.1, -0.05) is 47.7 Å². The van der Waals surface area contributed by atoms with E-state index in [-0.39, 0.29) is 22.9 Å². The van der Waals surface area contributed by atoms with Gasteiger partial charge in [-0.3, -0.25) is 14.2 Å². The SMILES string of the molecule is O=C(CSc1nc2ccccc2c(=O)n1-c1ccccc1F)NCCC1=CCCCC1. The predicted octanol–water partition coefficient (Wildman–Crippen LogP) is 4.62. The topological polar surface area (TPSA) is 64.0 Å². The molecule has 1 aliphatic carbocycles. The van der Waals surface area contributed by atoms with Gasteiger partial charge in [0.05, 0.1) is 22.3 Å². The molecule has 1 heterocycles. The minimum atomic E-state index is -0.520. The summed E-state index contributed by atoms with van der Waals surface area (Å²) in [6.07, 6.45) is 7.84. The maximum Gasteiger partial charge on any atom is 0.266 e. The molecule has 31 heavy (non-hydrogen) atoms. The molecule has 0 aliphatic heterocycles. The Bertz CT molecular complexity index is 1190. The number of carbonyl (C=O) groups excluding carboxylic acids is 1. The third-order valence-electron chi connectivity index (χ3n) is 5.32. The lowest BCUT2D eigenvalue weighted by molar-refractivity contribution is -0.118. The van der Waals surface area contributed by atoms with E-state index in [4.69, 9.17) is 0 Å². The largest absolute Gasteiger partial charge is 0.355 e. The number of hydrogen-bond acceptors (Lipinski definition) is 4. The van der Waals surface area contributed by atoms with Crippen molar-refractivity contribution in [3.63, 3.8) is 0 Å². The van der Waals surface area contributed by atoms with Crippen LogP contribution in [0.15, 0.2) is 70.1 Å². The summed E-state index contributed by atoms with van der Waals surface area (Å²) in [5, 5.41) is 3.63. The van der Waals surface area contributed by atoms with Crippen molar-refractivity contribution in [2.45, 2.75) is 37.3 Å². The van der Waals surface area contributed by atoms with Crippen LogP contribution in [0.5, 0.6) is 0 Å². The number of halogens is 1. The van der Waals surface area contributed by atoms with Crippen molar-refractivity contribution in [1.82, 2.24) is 14.9 Å². The van der Waals surface area contributed by atoms with Crippen molar-refractivity contribution in [3.05, 3.63) is 76.4 Å². The van der Waals surface area contributed by atoms with Crippen molar-refractivity contribution < 1.29 is 9.18 Å². The maximum absolute atomic E-state index is 14.5. The Labute approximate surface area is 184 Å². The van der Waals surface area contributed by atoms with E-state index in [1.165, 1.54) is 35.1 Å². The zero-order valence-electron chi connectivity index (χ0n) is 17.1. The number of benzene rings is 2. The van der Waals surface area contributed by atoms with Crippen LogP contribution in [0.3, 0.4) is 0 Å². The van der Waals surface area contributed by atoms with Crippen molar-refractivity contribution >= 4 is 28.6 Å². The molecule has 0 spiro atoms. The van der Waals surface area contributed by atoms with E-state index in [9.17, 15) is 14.0 Å². The van der Waals surface area contributed by atoms with Gasteiger partial charge in [-0.25, -0.2) is 9.37 Å². The van der Waals surface area contributed by atoms with Gasteiger partial charge < -0.3 is 5.32 Å². The van der Waals surface area contributed by atoms with Crippen molar-refractivity contribution in [2.24, 2.45) is 0 Å². The number of fused-ring (bicyclic) bond motifs is 1. The number of amides is 1. The number of thioether (sulfide) groups is 1. The van der Waals surface area contributed by atoms with Crippen LogP contribution in [0.2, 0.25) is 0 Å². The van der Waals surface area contributed by atoms with Gasteiger partial charge in [0.15, 0.2) is 5.16 Å². The van der Waals surface area contributed by atoms with Crippen LogP contribution in [-0.4, -0.2) is 27.8 Å². The lowest BCUT2D eigenvalue weighted by Crippen LogP contribution is -2.28. The number of carbonyl (C=O) groups is 1. The molecule has 1 N–H and O–H groups in total. The number of hydrogen-bond donors (Lipinski definition) is 1. The zero-order valence-corrected chi connectivity index (χ0v) is 18.0. The van der Waals surface area contributed by atoms with Gasteiger partial charge in [-0.2, -0.15) is 0 Å². The highest BCUT2D eigenvalue weighted by Gasteiger charge is 2.17. The van der Waals surface area contributed by atoms with Gasteiger partial charge >= 0.3 is 0 Å². The van der Waals surface area contributed by atoms with Crippen LogP contribution in [0.4, 0.5) is 4.39 Å². The molecule has 0 saturated heterocycles. The molecule has 160 valence electrons. The summed E-state index contributed by atoms with van der Waals surface area (Å²) < 4.78 is 15.7. The van der Waals surface area contributed by atoms with Gasteiger partial charge in [-0.05, 0) is 56.4 Å². The van der Waals surface area contributed by atoms with Gasteiger partial charge in [0.1, 0.15) is 5.82 Å². The zero-order chi connectivity index (χ0) is 21.6. The van der Waals surface area contributed by atoms with Gasteiger partial charge in [-0.15, -0.1) is 0 Å². The highest BCUT2D eigenvalue weighted by molar-refractivity contribution is 7.99. The molecule has 0 radical (unpaired) electrons. The van der Waals surface area contributed by atoms with Crippen LogP contribution in [0, 0.1) is 5.82 Å². The summed E-state index contributed by atoms with van der Waals surface area (Å²) in [6.45, 7) is 0.594. The average Bonchev–Trinajstić information content (AvgIpc) is 2.79. The second-order valence-corrected chi connectivity index (χ2v) is 8.44. The molecule has 1 aromatic heterocycles. The van der Waals surface area contributed by atoms with E-state index >= 15 is 0 Å². The van der Waals surface area contributed by atoms with Gasteiger partial charge in [0, 0.05) is 6.54 Å². The van der Waals surface area contributed by atoms with Crippen LogP contribution < -0.4 is 10.9 Å². The number of rotatable bonds is 7. The minimum Gasteiger partial charge on any atom is -0.355 e. The lowest BCUT2D eigenvalue weighted by atomic mass is 9.97. The van der Waals surface area contributed by atoms with Crippen LogP contribution >= 0.6 is 11.8 Å². The Morgan fingerprint density at radius 3 is 2.74 bits per heavy atom. The van der Waals surface area contributed by atoms with E-state index in [1.807, 2.05) is 0 Å². The molecule has 2 aromatic carbocycles. The third-order valence-corrected chi connectivity index (χ3v) is 6.26. The first kappa shape index (κ1) is 21.3. The van der Waals surface area contributed by atoms with E-state index in [1.54, 1.807) is 36.4 Å². The maximum atomic E-state index is 14.5. The van der Waals surface area contributed by atoms with Crippen molar-refractivity contribution in [1.29, 1.82) is 0 Å². The highest BCUT2D eigenvalue weighted by atomic mass is 32.2. The summed E-state index contributed by atoms with van der Waals surface area (Å²) in [4.78, 5) is 30.1. The number of nitrogens with one attached hydrogen (secondary N) is 1. The molecule has 3 aromatic rings. The second-order valence-electron chi connectivity index (χ2n) is 7.50. The minimum absolute atomic E-state index is 0.0955. The fraction of sp³-hybridized carbons (Fsp3) is 0.292. The van der Waals surface area contributed by atoms with Crippen LogP contribution in [0.25, 0.3) is 16.6 Å². The Hall–Kier alpha value is -2.93. The summed E-state index contributed by atoms with van der Waals surface area (Å²) in [7, 11) is 0.